The molecule has 0 bridgehead atoms. The van der Waals surface area contributed by atoms with Crippen molar-refractivity contribution in [1.29, 1.82) is 0 Å². The Morgan fingerprint density at radius 1 is 1.22 bits per heavy atom. The third kappa shape index (κ3) is 3.39. The van der Waals surface area contributed by atoms with E-state index in [-0.39, 0.29) is 12.8 Å². The average Bonchev–Trinajstić information content (AvgIpc) is 2.73. The second kappa shape index (κ2) is 5.62. The number of carboxylic acid groups (broad SMARTS) is 1. The number of benzene rings is 1. The summed E-state index contributed by atoms with van der Waals surface area (Å²) in [4.78, 5) is 10.4. The van der Waals surface area contributed by atoms with E-state index in [9.17, 15) is 4.79 Å². The van der Waals surface area contributed by atoms with Crippen LogP contribution in [0, 0.1) is 0 Å². The second-order valence-corrected chi connectivity index (χ2v) is 5.38. The summed E-state index contributed by atoms with van der Waals surface area (Å²) in [6.45, 7) is 0. The van der Waals surface area contributed by atoms with Gasteiger partial charge in [0.15, 0.2) is 0 Å². The number of rotatable bonds is 4. The van der Waals surface area contributed by atoms with Crippen LogP contribution in [0.5, 0.6) is 0 Å². The van der Waals surface area contributed by atoms with E-state index in [1.807, 2.05) is 18.2 Å². The third-order valence-corrected chi connectivity index (χ3v) is 3.04. The number of carboxylic acids is 1. The molecule has 7 heteroatoms. The normalized spacial score (nSPS) is 10.6. The summed E-state index contributed by atoms with van der Waals surface area (Å²) < 4.78 is 7.18. The van der Waals surface area contributed by atoms with Gasteiger partial charge in [-0.1, -0.05) is 31.9 Å². The Bertz CT molecular complexity index is 563. The number of aliphatic carboxylic acids is 1. The molecular formula is C11H8Br2N2O3. The lowest BCUT2D eigenvalue weighted by Crippen LogP contribution is -1.97. The summed E-state index contributed by atoms with van der Waals surface area (Å²) in [7, 11) is 0. The molecule has 0 unspecified atom stereocenters. The quantitative estimate of drug-likeness (QED) is 0.887. The minimum absolute atomic E-state index is 0.0240. The summed E-state index contributed by atoms with van der Waals surface area (Å²) in [5, 5.41) is 16.3. The van der Waals surface area contributed by atoms with Gasteiger partial charge in [0.05, 0.1) is 6.42 Å². The first-order valence-corrected chi connectivity index (χ1v) is 6.64. The molecular weight excluding hydrogens is 368 g/mol. The van der Waals surface area contributed by atoms with E-state index in [0.717, 1.165) is 14.5 Å². The van der Waals surface area contributed by atoms with Crippen molar-refractivity contribution in [3.8, 4) is 11.5 Å². The fraction of sp³-hybridized carbons (Fsp3) is 0.182. The van der Waals surface area contributed by atoms with E-state index in [1.54, 1.807) is 0 Å². The fourth-order valence-electron chi connectivity index (χ4n) is 1.36. The van der Waals surface area contributed by atoms with E-state index in [0.29, 0.717) is 11.8 Å². The number of carbonyl (C=O) groups is 1. The first-order valence-electron chi connectivity index (χ1n) is 5.05. The Morgan fingerprint density at radius 3 is 2.50 bits per heavy atom. The topological polar surface area (TPSA) is 76.2 Å². The molecule has 94 valence electrons. The molecule has 1 N–H and O–H groups in total. The number of nitrogens with zero attached hydrogens (tertiary/aromatic N) is 2. The van der Waals surface area contributed by atoms with Crippen molar-refractivity contribution in [2.75, 3.05) is 0 Å². The van der Waals surface area contributed by atoms with Crippen LogP contribution >= 0.6 is 31.9 Å². The number of hydrogen-bond donors (Lipinski definition) is 1. The summed E-state index contributed by atoms with van der Waals surface area (Å²) in [6.07, 6.45) is 0.210. The van der Waals surface area contributed by atoms with Crippen molar-refractivity contribution in [2.24, 2.45) is 0 Å². The van der Waals surface area contributed by atoms with Crippen molar-refractivity contribution >= 4 is 37.8 Å². The number of hydrogen-bond acceptors (Lipinski definition) is 4. The first kappa shape index (κ1) is 13.2. The third-order valence-electron chi connectivity index (χ3n) is 2.13. The van der Waals surface area contributed by atoms with E-state index in [2.05, 4.69) is 42.1 Å². The maximum absolute atomic E-state index is 10.4. The van der Waals surface area contributed by atoms with Crippen molar-refractivity contribution in [2.45, 2.75) is 12.8 Å². The molecule has 18 heavy (non-hydrogen) atoms. The molecule has 1 heterocycles. The lowest BCUT2D eigenvalue weighted by molar-refractivity contribution is -0.137. The number of aromatic nitrogens is 2. The zero-order chi connectivity index (χ0) is 13.1. The van der Waals surface area contributed by atoms with Gasteiger partial charge in [-0.3, -0.25) is 4.79 Å². The Morgan fingerprint density at radius 2 is 1.89 bits per heavy atom. The Balaban J connectivity index is 2.21. The predicted molar refractivity (Wildman–Crippen MR) is 71.1 cm³/mol. The van der Waals surface area contributed by atoms with Crippen LogP contribution in [0.4, 0.5) is 0 Å². The van der Waals surface area contributed by atoms with E-state index in [4.69, 9.17) is 9.52 Å². The van der Waals surface area contributed by atoms with Crippen molar-refractivity contribution in [1.82, 2.24) is 10.2 Å². The second-order valence-electron chi connectivity index (χ2n) is 3.55. The molecule has 2 rings (SSSR count). The lowest BCUT2D eigenvalue weighted by Gasteiger charge is -1.98. The summed E-state index contributed by atoms with van der Waals surface area (Å²) >= 11 is 6.74. The summed E-state index contributed by atoms with van der Waals surface area (Å²) in [6, 6.07) is 5.59. The smallest absolute Gasteiger partial charge is 0.303 e. The molecule has 0 aliphatic heterocycles. The minimum Gasteiger partial charge on any atom is -0.481 e. The zero-order valence-electron chi connectivity index (χ0n) is 9.06. The molecule has 0 amide bonds. The molecule has 0 fully saturated rings. The molecule has 0 spiro atoms. The van der Waals surface area contributed by atoms with Crippen LogP contribution in [-0.4, -0.2) is 21.3 Å². The Kier molecular flexibility index (Phi) is 4.13. The standard InChI is InChI=1S/C11H8Br2N2O3/c12-7-3-6(4-8(13)5-7)11-15-14-9(18-11)1-2-10(16)17/h3-5H,1-2H2,(H,16,17). The van der Waals surface area contributed by atoms with Gasteiger partial charge < -0.3 is 9.52 Å². The highest BCUT2D eigenvalue weighted by Crippen LogP contribution is 2.26. The van der Waals surface area contributed by atoms with Gasteiger partial charge in [0.25, 0.3) is 0 Å². The lowest BCUT2D eigenvalue weighted by atomic mass is 10.2. The molecule has 0 atom stereocenters. The molecule has 0 radical (unpaired) electrons. The largest absolute Gasteiger partial charge is 0.481 e. The van der Waals surface area contributed by atoms with Crippen LogP contribution in [0.25, 0.3) is 11.5 Å². The first-order chi connectivity index (χ1) is 8.54. The van der Waals surface area contributed by atoms with Gasteiger partial charge in [0.1, 0.15) is 0 Å². The SMILES string of the molecule is O=C(O)CCc1nnc(-c2cc(Br)cc(Br)c2)o1. The molecule has 1 aromatic heterocycles. The van der Waals surface area contributed by atoms with Gasteiger partial charge in [0.2, 0.25) is 11.8 Å². The Hall–Kier alpha value is -1.21. The van der Waals surface area contributed by atoms with E-state index in [1.165, 1.54) is 0 Å². The molecule has 0 saturated carbocycles. The summed E-state index contributed by atoms with van der Waals surface area (Å²) in [5.74, 6) is -0.194. The Labute approximate surface area is 119 Å². The molecule has 1 aromatic carbocycles. The maximum atomic E-state index is 10.4. The van der Waals surface area contributed by atoms with E-state index >= 15 is 0 Å². The van der Waals surface area contributed by atoms with Crippen LogP contribution < -0.4 is 0 Å². The van der Waals surface area contributed by atoms with Gasteiger partial charge in [-0.15, -0.1) is 10.2 Å². The van der Waals surface area contributed by atoms with Crippen molar-refractivity contribution < 1.29 is 14.3 Å². The number of halogens is 2. The van der Waals surface area contributed by atoms with E-state index < -0.39 is 5.97 Å². The average molecular weight is 376 g/mol. The van der Waals surface area contributed by atoms with Gasteiger partial charge in [-0.05, 0) is 18.2 Å². The fourth-order valence-corrected chi connectivity index (χ4v) is 2.66. The molecule has 2 aromatic rings. The highest BCUT2D eigenvalue weighted by molar-refractivity contribution is 9.11. The molecule has 0 aliphatic carbocycles. The van der Waals surface area contributed by atoms with Crippen LogP contribution in [-0.2, 0) is 11.2 Å². The van der Waals surface area contributed by atoms with Crippen LogP contribution in [0.15, 0.2) is 31.6 Å². The predicted octanol–water partition coefficient (Wildman–Crippen LogP) is 3.28. The van der Waals surface area contributed by atoms with Gasteiger partial charge >= 0.3 is 5.97 Å². The van der Waals surface area contributed by atoms with Gasteiger partial charge in [0, 0.05) is 20.9 Å². The summed E-state index contributed by atoms with van der Waals surface area (Å²) in [5.41, 5.74) is 0.769. The monoisotopic (exact) mass is 374 g/mol. The highest BCUT2D eigenvalue weighted by atomic mass is 79.9. The highest BCUT2D eigenvalue weighted by Gasteiger charge is 2.11. The molecule has 0 aliphatic rings. The maximum Gasteiger partial charge on any atom is 0.303 e. The van der Waals surface area contributed by atoms with Crippen LogP contribution in [0.2, 0.25) is 0 Å². The van der Waals surface area contributed by atoms with Crippen molar-refractivity contribution in [3.63, 3.8) is 0 Å². The molecule has 0 saturated heterocycles. The zero-order valence-corrected chi connectivity index (χ0v) is 12.2. The van der Waals surface area contributed by atoms with Crippen LogP contribution in [0.1, 0.15) is 12.3 Å². The van der Waals surface area contributed by atoms with Gasteiger partial charge in [-0.2, -0.15) is 0 Å². The molecule has 5 nitrogen and oxygen atoms in total. The van der Waals surface area contributed by atoms with Crippen molar-refractivity contribution in [3.05, 3.63) is 33.0 Å². The number of aryl methyl sites for hydroxylation is 1. The van der Waals surface area contributed by atoms with Crippen LogP contribution in [0.3, 0.4) is 0 Å². The minimum atomic E-state index is -0.889. The van der Waals surface area contributed by atoms with Gasteiger partial charge in [-0.25, -0.2) is 0 Å².